The van der Waals surface area contributed by atoms with Crippen LogP contribution in [-0.2, 0) is 9.59 Å². The number of aromatic nitrogens is 3. The van der Waals surface area contributed by atoms with Gasteiger partial charge < -0.3 is 24.7 Å². The summed E-state index contributed by atoms with van der Waals surface area (Å²) in [5.74, 6) is -5.36. The van der Waals surface area contributed by atoms with E-state index in [9.17, 15) is 19.8 Å². The molecule has 4 aliphatic rings. The fraction of sp³-hybridized carbons (Fsp3) is 0.457. The number of piperazine rings is 1. The normalized spacial score (nSPS) is 22.1. The first-order valence-corrected chi connectivity index (χ1v) is 16.9. The zero-order valence-corrected chi connectivity index (χ0v) is 27.3. The van der Waals surface area contributed by atoms with Crippen LogP contribution in [0.5, 0.6) is 6.01 Å². The number of ketones is 1. The minimum absolute atomic E-state index is 0.0587. The molecule has 6 heterocycles. The van der Waals surface area contributed by atoms with Crippen molar-refractivity contribution in [3.8, 4) is 17.3 Å². The Kier molecular flexibility index (Phi) is 7.55. The number of Topliss-reactive ketones (excluding diaryl/α,β-unsaturated/α-hetero) is 1. The van der Waals surface area contributed by atoms with E-state index in [2.05, 4.69) is 14.9 Å². The average Bonchev–Trinajstić information content (AvgIpc) is 3.73. The highest BCUT2D eigenvalue weighted by molar-refractivity contribution is 6.36. The summed E-state index contributed by atoms with van der Waals surface area (Å²) in [5.41, 5.74) is 0.625. The van der Waals surface area contributed by atoms with Crippen LogP contribution in [-0.4, -0.2) is 103 Å². The van der Waals surface area contributed by atoms with Crippen molar-refractivity contribution >= 4 is 50.8 Å². The number of ether oxygens (including phenoxy) is 1. The molecule has 48 heavy (non-hydrogen) atoms. The molecule has 2 aromatic heterocycles. The molecule has 1 unspecified atom stereocenters. The van der Waals surface area contributed by atoms with Gasteiger partial charge >= 0.3 is 11.8 Å². The number of amides is 1. The largest absolute Gasteiger partial charge is 0.461 e. The Morgan fingerprint density at radius 1 is 1.06 bits per heavy atom. The molecule has 1 amide bonds. The van der Waals surface area contributed by atoms with Gasteiger partial charge in [0.15, 0.2) is 11.6 Å². The van der Waals surface area contributed by atoms with E-state index in [4.69, 9.17) is 21.3 Å². The van der Waals surface area contributed by atoms with Gasteiger partial charge in [-0.1, -0.05) is 41.9 Å². The van der Waals surface area contributed by atoms with Gasteiger partial charge in [-0.2, -0.15) is 9.97 Å². The summed E-state index contributed by atoms with van der Waals surface area (Å²) in [6.45, 7) is 3.99. The highest BCUT2D eigenvalue weighted by Crippen LogP contribution is 2.41. The van der Waals surface area contributed by atoms with Crippen LogP contribution < -0.4 is 9.64 Å². The molecule has 0 spiro atoms. The van der Waals surface area contributed by atoms with E-state index in [1.54, 1.807) is 18.3 Å². The van der Waals surface area contributed by atoms with Crippen LogP contribution in [0.4, 0.5) is 10.2 Å². The van der Waals surface area contributed by atoms with Crippen molar-refractivity contribution in [1.82, 2.24) is 24.8 Å². The number of benzene rings is 2. The van der Waals surface area contributed by atoms with Crippen molar-refractivity contribution in [2.45, 2.75) is 68.9 Å². The number of rotatable bonds is 7. The lowest BCUT2D eigenvalue weighted by atomic mass is 9.95. The van der Waals surface area contributed by atoms with E-state index in [0.29, 0.717) is 46.6 Å². The smallest absolute Gasteiger partial charge is 0.319 e. The second-order valence-corrected chi connectivity index (χ2v) is 14.0. The van der Waals surface area contributed by atoms with Crippen LogP contribution in [0.3, 0.4) is 0 Å². The van der Waals surface area contributed by atoms with Gasteiger partial charge in [-0.3, -0.25) is 19.5 Å². The predicted octanol–water partition coefficient (Wildman–Crippen LogP) is 4.09. The van der Waals surface area contributed by atoms with Crippen LogP contribution in [0.25, 0.3) is 32.9 Å². The number of fused-ring (bicyclic) bond motifs is 5. The Hall–Kier alpha value is -3.97. The number of aliphatic hydroxyl groups is 2. The average molecular weight is 675 g/mol. The van der Waals surface area contributed by atoms with E-state index in [1.807, 2.05) is 29.2 Å². The van der Waals surface area contributed by atoms with Gasteiger partial charge in [-0.05, 0) is 63.1 Å². The molecule has 250 valence electrons. The molecule has 4 fully saturated rings. The summed E-state index contributed by atoms with van der Waals surface area (Å²) < 4.78 is 23.2. The monoisotopic (exact) mass is 674 g/mol. The maximum atomic E-state index is 16.8. The number of hydrogen-bond donors (Lipinski definition) is 2. The Morgan fingerprint density at radius 3 is 2.44 bits per heavy atom. The van der Waals surface area contributed by atoms with Crippen molar-refractivity contribution in [1.29, 1.82) is 0 Å². The molecule has 2 N–H and O–H groups in total. The molecule has 0 saturated carbocycles. The Balaban J connectivity index is 1.21. The van der Waals surface area contributed by atoms with Crippen LogP contribution in [0.15, 0.2) is 42.6 Å². The molecule has 0 aliphatic carbocycles. The van der Waals surface area contributed by atoms with Gasteiger partial charge in [-0.25, -0.2) is 4.39 Å². The van der Waals surface area contributed by atoms with Crippen molar-refractivity contribution in [2.24, 2.45) is 0 Å². The van der Waals surface area contributed by atoms with Crippen LogP contribution in [0, 0.1) is 5.82 Å². The van der Waals surface area contributed by atoms with Crippen LogP contribution >= 0.6 is 11.6 Å². The number of carbonyl (C=O) groups excluding carboxylic acids is 2. The Bertz CT molecular complexity index is 1950. The highest BCUT2D eigenvalue weighted by atomic mass is 35.5. The lowest BCUT2D eigenvalue weighted by Gasteiger charge is -2.43. The molecule has 13 heteroatoms. The summed E-state index contributed by atoms with van der Waals surface area (Å²) in [5, 5.41) is 23.0. The summed E-state index contributed by atoms with van der Waals surface area (Å²) >= 11 is 6.61. The number of pyridine rings is 1. The van der Waals surface area contributed by atoms with Crippen LogP contribution in [0.1, 0.15) is 45.4 Å². The Morgan fingerprint density at radius 2 is 1.75 bits per heavy atom. The zero-order valence-electron chi connectivity index (χ0n) is 26.5. The second-order valence-electron chi connectivity index (χ2n) is 13.6. The molecule has 2 aromatic carbocycles. The summed E-state index contributed by atoms with van der Waals surface area (Å²) in [4.78, 5) is 44.9. The first kappa shape index (κ1) is 31.3. The molecule has 4 saturated heterocycles. The van der Waals surface area contributed by atoms with E-state index in [0.717, 1.165) is 51.1 Å². The molecule has 4 aromatic rings. The third-order valence-corrected chi connectivity index (χ3v) is 11.2. The summed E-state index contributed by atoms with van der Waals surface area (Å²) in [6.07, 6.45) is 7.02. The van der Waals surface area contributed by atoms with E-state index in [1.165, 1.54) is 4.90 Å². The molecule has 11 nitrogen and oxygen atoms in total. The van der Waals surface area contributed by atoms with Crippen molar-refractivity contribution in [3.05, 3.63) is 53.4 Å². The fourth-order valence-electron chi connectivity index (χ4n) is 8.41. The van der Waals surface area contributed by atoms with Crippen molar-refractivity contribution in [2.75, 3.05) is 37.7 Å². The molecule has 8 rings (SSSR count). The quantitative estimate of drug-likeness (QED) is 0.218. The molecule has 0 radical (unpaired) electrons. The summed E-state index contributed by atoms with van der Waals surface area (Å²) in [7, 11) is 0. The van der Waals surface area contributed by atoms with Gasteiger partial charge in [0, 0.05) is 54.3 Å². The first-order chi connectivity index (χ1) is 23.1. The highest BCUT2D eigenvalue weighted by Gasteiger charge is 2.51. The van der Waals surface area contributed by atoms with Gasteiger partial charge in [0.25, 0.3) is 5.91 Å². The first-order valence-electron chi connectivity index (χ1n) is 16.5. The standard InChI is InChI=1S/C35H36ClFN6O5/c1-20(44)35(46,47)32(45)43-22-10-11-23(43)18-41(17-22)31-25-16-38-29(24-8-2-6-21-7-3-9-26(36)27(21)24)28(37)30(25)39-33(40-31)48-19-34-12-4-14-42(34)15-5-13-34/h2-3,6-9,16,22-23,46-47H,4-5,10-15,17-19H2,1H3/t22-,23?/m1/s1. The number of hydrogen-bond acceptors (Lipinski definition) is 10. The topological polar surface area (TPSA) is 132 Å². The van der Waals surface area contributed by atoms with Gasteiger partial charge in [-0.15, -0.1) is 0 Å². The third kappa shape index (κ3) is 4.91. The maximum Gasteiger partial charge on any atom is 0.319 e. The zero-order chi connectivity index (χ0) is 33.4. The van der Waals surface area contributed by atoms with E-state index in [-0.39, 0.29) is 35.8 Å². The molecular formula is C35H36ClFN6O5. The predicted molar refractivity (Wildman–Crippen MR) is 177 cm³/mol. The van der Waals surface area contributed by atoms with Crippen molar-refractivity contribution in [3.63, 3.8) is 0 Å². The second kappa shape index (κ2) is 11.6. The lowest BCUT2D eigenvalue weighted by molar-refractivity contribution is -0.199. The van der Waals surface area contributed by atoms with Crippen LogP contribution in [0.2, 0.25) is 5.02 Å². The number of anilines is 1. The van der Waals surface area contributed by atoms with Crippen molar-refractivity contribution < 1.29 is 28.9 Å². The molecule has 4 aliphatic heterocycles. The van der Waals surface area contributed by atoms with Gasteiger partial charge in [0.1, 0.15) is 23.6 Å². The molecule has 2 bridgehead atoms. The molecule has 2 atom stereocenters. The van der Waals surface area contributed by atoms with Gasteiger partial charge in [0.2, 0.25) is 0 Å². The summed E-state index contributed by atoms with van der Waals surface area (Å²) in [6, 6.07) is 10.3. The van der Waals surface area contributed by atoms with Gasteiger partial charge in [0.05, 0.1) is 10.9 Å². The SMILES string of the molecule is CC(=O)C(O)(O)C(=O)N1C2CC[C@@H]1CN(c1nc(OCC34CCCN3CCC4)nc3c(F)c(-c4cccc5cccc(Cl)c45)ncc13)C2. The lowest BCUT2D eigenvalue weighted by Crippen LogP contribution is -2.63. The maximum absolute atomic E-state index is 16.8. The Labute approximate surface area is 281 Å². The fourth-order valence-corrected chi connectivity index (χ4v) is 8.69. The minimum atomic E-state index is -3.09. The number of halogens is 2. The number of carbonyl (C=O) groups is 2. The van der Waals surface area contributed by atoms with E-state index < -0.39 is 35.4 Å². The van der Waals surface area contributed by atoms with E-state index >= 15 is 4.39 Å². The minimum Gasteiger partial charge on any atom is -0.461 e. The molecular weight excluding hydrogens is 639 g/mol. The number of nitrogens with zero attached hydrogens (tertiary/aromatic N) is 6. The third-order valence-electron chi connectivity index (χ3n) is 10.8.